The number of imidazole rings is 1. The molecule has 1 unspecified atom stereocenters. The van der Waals surface area contributed by atoms with Gasteiger partial charge in [-0.1, -0.05) is 19.0 Å². The summed E-state index contributed by atoms with van der Waals surface area (Å²) >= 11 is 0. The number of amides is 1. The Hall–Kier alpha value is -2.38. The van der Waals surface area contributed by atoms with Crippen LogP contribution in [0.15, 0.2) is 15.5 Å². The largest absolute Gasteiger partial charge is 0.339 e. The van der Waals surface area contributed by atoms with Crippen LogP contribution in [0.25, 0.3) is 0 Å². The fourth-order valence-corrected chi connectivity index (χ4v) is 2.86. The van der Waals surface area contributed by atoms with Crippen molar-refractivity contribution in [3.8, 4) is 0 Å². The molecule has 3 rings (SSSR count). The van der Waals surface area contributed by atoms with E-state index in [0.29, 0.717) is 30.7 Å². The van der Waals surface area contributed by atoms with Gasteiger partial charge in [-0.25, -0.2) is 4.79 Å². The monoisotopic (exact) mass is 319 g/mol. The number of H-pyrrole nitrogens is 2. The van der Waals surface area contributed by atoms with E-state index in [1.165, 1.54) is 6.20 Å². The summed E-state index contributed by atoms with van der Waals surface area (Å²) in [7, 11) is 0. The Morgan fingerprint density at radius 2 is 2.35 bits per heavy atom. The summed E-state index contributed by atoms with van der Waals surface area (Å²) in [6.07, 6.45) is 3.97. The van der Waals surface area contributed by atoms with Gasteiger partial charge in [0.15, 0.2) is 5.82 Å². The molecule has 1 saturated heterocycles. The van der Waals surface area contributed by atoms with Crippen LogP contribution in [0.1, 0.15) is 54.8 Å². The van der Waals surface area contributed by atoms with Crippen LogP contribution in [0.4, 0.5) is 0 Å². The number of aromatic nitrogens is 4. The Bertz CT molecular complexity index is 729. The van der Waals surface area contributed by atoms with Gasteiger partial charge in [0.2, 0.25) is 5.89 Å². The molecule has 1 aliphatic heterocycles. The van der Waals surface area contributed by atoms with Crippen LogP contribution in [0, 0.1) is 5.92 Å². The van der Waals surface area contributed by atoms with Crippen LogP contribution in [0.3, 0.4) is 0 Å². The zero-order chi connectivity index (χ0) is 16.4. The molecule has 0 bridgehead atoms. The van der Waals surface area contributed by atoms with Crippen molar-refractivity contribution >= 4 is 5.91 Å². The maximum absolute atomic E-state index is 12.4. The minimum absolute atomic E-state index is 0.0479. The zero-order valence-electron chi connectivity index (χ0n) is 13.3. The number of likely N-dealkylation sites (tertiary alicyclic amines) is 1. The Labute approximate surface area is 133 Å². The highest BCUT2D eigenvalue weighted by molar-refractivity contribution is 5.92. The molecule has 1 aliphatic rings. The molecule has 0 spiro atoms. The third-order valence-electron chi connectivity index (χ3n) is 3.96. The number of piperidine rings is 1. The van der Waals surface area contributed by atoms with Crippen LogP contribution < -0.4 is 5.69 Å². The lowest BCUT2D eigenvalue weighted by Gasteiger charge is -2.30. The SMILES string of the molecule is CC(C)Cc1noc(C2CCCN(C(=O)c3c[nH]c(=O)[nH]3)C2)n1. The van der Waals surface area contributed by atoms with Gasteiger partial charge in [-0.05, 0) is 18.8 Å². The predicted octanol–water partition coefficient (Wildman–Crippen LogP) is 1.30. The van der Waals surface area contributed by atoms with E-state index in [1.807, 2.05) is 0 Å². The highest BCUT2D eigenvalue weighted by atomic mass is 16.5. The van der Waals surface area contributed by atoms with Gasteiger partial charge >= 0.3 is 5.69 Å². The average Bonchev–Trinajstić information content (AvgIpc) is 3.15. The highest BCUT2D eigenvalue weighted by Gasteiger charge is 2.29. The molecule has 23 heavy (non-hydrogen) atoms. The highest BCUT2D eigenvalue weighted by Crippen LogP contribution is 2.26. The summed E-state index contributed by atoms with van der Waals surface area (Å²) in [6, 6.07) is 0. The second-order valence-electron chi connectivity index (χ2n) is 6.39. The fourth-order valence-electron chi connectivity index (χ4n) is 2.86. The van der Waals surface area contributed by atoms with Crippen molar-refractivity contribution in [3.63, 3.8) is 0 Å². The van der Waals surface area contributed by atoms with E-state index in [1.54, 1.807) is 4.90 Å². The molecule has 1 atom stereocenters. The summed E-state index contributed by atoms with van der Waals surface area (Å²) in [5, 5.41) is 4.02. The number of nitrogens with zero attached hydrogens (tertiary/aromatic N) is 3. The molecule has 1 fully saturated rings. The Balaban J connectivity index is 1.69. The number of carbonyl (C=O) groups excluding carboxylic acids is 1. The van der Waals surface area contributed by atoms with Gasteiger partial charge in [0.1, 0.15) is 5.69 Å². The average molecular weight is 319 g/mol. The molecule has 2 aromatic heterocycles. The molecule has 0 radical (unpaired) electrons. The molecular formula is C15H21N5O3. The predicted molar refractivity (Wildman–Crippen MR) is 82.1 cm³/mol. The van der Waals surface area contributed by atoms with Gasteiger partial charge in [0, 0.05) is 25.7 Å². The van der Waals surface area contributed by atoms with Gasteiger partial charge in [0.05, 0.1) is 5.92 Å². The topological polar surface area (TPSA) is 108 Å². The molecule has 0 saturated carbocycles. The number of hydrogen-bond donors (Lipinski definition) is 2. The number of carbonyl (C=O) groups is 1. The maximum atomic E-state index is 12.4. The molecule has 0 aliphatic carbocycles. The molecule has 8 heteroatoms. The van der Waals surface area contributed by atoms with Crippen molar-refractivity contribution < 1.29 is 9.32 Å². The minimum Gasteiger partial charge on any atom is -0.339 e. The second-order valence-corrected chi connectivity index (χ2v) is 6.39. The van der Waals surface area contributed by atoms with Crippen molar-refractivity contribution in [1.82, 2.24) is 25.0 Å². The minimum atomic E-state index is -0.378. The molecule has 8 nitrogen and oxygen atoms in total. The van der Waals surface area contributed by atoms with E-state index < -0.39 is 0 Å². The van der Waals surface area contributed by atoms with Crippen LogP contribution in [0.2, 0.25) is 0 Å². The lowest BCUT2D eigenvalue weighted by atomic mass is 9.97. The molecule has 2 N–H and O–H groups in total. The second kappa shape index (κ2) is 6.39. The van der Waals surface area contributed by atoms with E-state index in [4.69, 9.17) is 4.52 Å². The molecule has 2 aromatic rings. The first-order chi connectivity index (χ1) is 11.0. The van der Waals surface area contributed by atoms with E-state index in [0.717, 1.165) is 19.3 Å². The quantitative estimate of drug-likeness (QED) is 0.883. The van der Waals surface area contributed by atoms with Crippen LogP contribution >= 0.6 is 0 Å². The van der Waals surface area contributed by atoms with E-state index in [2.05, 4.69) is 34.0 Å². The van der Waals surface area contributed by atoms with Gasteiger partial charge in [-0.15, -0.1) is 0 Å². The number of rotatable bonds is 4. The first-order valence-electron chi connectivity index (χ1n) is 7.92. The Morgan fingerprint density at radius 3 is 3.04 bits per heavy atom. The zero-order valence-corrected chi connectivity index (χ0v) is 13.3. The van der Waals surface area contributed by atoms with Gasteiger partial charge in [0.25, 0.3) is 5.91 Å². The molecule has 124 valence electrons. The number of aromatic amines is 2. The van der Waals surface area contributed by atoms with Crippen molar-refractivity contribution in [2.24, 2.45) is 5.92 Å². The summed E-state index contributed by atoms with van der Waals surface area (Å²) < 4.78 is 5.38. The van der Waals surface area contributed by atoms with Crippen LogP contribution in [-0.2, 0) is 6.42 Å². The first kappa shape index (κ1) is 15.5. The number of hydrogen-bond acceptors (Lipinski definition) is 5. The van der Waals surface area contributed by atoms with Crippen molar-refractivity contribution in [3.05, 3.63) is 34.1 Å². The summed E-state index contributed by atoms with van der Waals surface area (Å²) in [6.45, 7) is 5.40. The van der Waals surface area contributed by atoms with Crippen LogP contribution in [-0.4, -0.2) is 44.0 Å². The van der Waals surface area contributed by atoms with Gasteiger partial charge in [-0.2, -0.15) is 4.98 Å². The van der Waals surface area contributed by atoms with Crippen molar-refractivity contribution in [1.29, 1.82) is 0 Å². The third-order valence-corrected chi connectivity index (χ3v) is 3.96. The Kier molecular flexibility index (Phi) is 4.31. The Morgan fingerprint density at radius 1 is 1.52 bits per heavy atom. The lowest BCUT2D eigenvalue weighted by Crippen LogP contribution is -2.39. The summed E-state index contributed by atoms with van der Waals surface area (Å²) in [5.74, 6) is 1.64. The lowest BCUT2D eigenvalue weighted by molar-refractivity contribution is 0.0690. The summed E-state index contributed by atoms with van der Waals surface area (Å²) in [5.41, 5.74) is -0.0983. The summed E-state index contributed by atoms with van der Waals surface area (Å²) in [4.78, 5) is 34.7. The smallest absolute Gasteiger partial charge is 0.323 e. The fraction of sp³-hybridized carbons (Fsp3) is 0.600. The standard InChI is InChI=1S/C15H21N5O3/c1-9(2)6-12-18-13(23-19-12)10-4-3-5-20(8-10)14(21)11-7-16-15(22)17-11/h7,9-10H,3-6,8H2,1-2H3,(H2,16,17,22). The van der Waals surface area contributed by atoms with Gasteiger partial charge < -0.3 is 19.4 Å². The normalized spacial score (nSPS) is 18.6. The number of nitrogens with one attached hydrogen (secondary N) is 2. The molecule has 0 aromatic carbocycles. The molecule has 1 amide bonds. The molecule has 3 heterocycles. The van der Waals surface area contributed by atoms with E-state index >= 15 is 0 Å². The first-order valence-corrected chi connectivity index (χ1v) is 7.92. The third kappa shape index (κ3) is 3.52. The van der Waals surface area contributed by atoms with E-state index in [-0.39, 0.29) is 23.2 Å². The van der Waals surface area contributed by atoms with E-state index in [9.17, 15) is 9.59 Å². The molecular weight excluding hydrogens is 298 g/mol. The van der Waals surface area contributed by atoms with Gasteiger partial charge in [-0.3, -0.25) is 4.79 Å². The van der Waals surface area contributed by atoms with Crippen molar-refractivity contribution in [2.45, 2.75) is 39.0 Å². The van der Waals surface area contributed by atoms with Crippen molar-refractivity contribution in [2.75, 3.05) is 13.1 Å². The van der Waals surface area contributed by atoms with Crippen LogP contribution in [0.5, 0.6) is 0 Å². The maximum Gasteiger partial charge on any atom is 0.323 e.